The molecule has 1 heterocycles. The molecule has 0 amide bonds. The molecule has 1 aliphatic carbocycles. The smallest absolute Gasteiger partial charge is 0.270 e. The first-order valence-electron chi connectivity index (χ1n) is 7.44. The second-order valence-corrected chi connectivity index (χ2v) is 5.82. The van der Waals surface area contributed by atoms with E-state index in [-0.39, 0.29) is 11.5 Å². The predicted octanol–water partition coefficient (Wildman–Crippen LogP) is 4.23. The van der Waals surface area contributed by atoms with Gasteiger partial charge in [-0.25, -0.2) is 0 Å². The fourth-order valence-electron chi connectivity index (χ4n) is 3.22. The van der Waals surface area contributed by atoms with Gasteiger partial charge < -0.3 is 4.98 Å². The van der Waals surface area contributed by atoms with Crippen LogP contribution in [0.4, 0.5) is 5.69 Å². The average molecular weight is 286 g/mol. The molecule has 0 unspecified atom stereocenters. The van der Waals surface area contributed by atoms with E-state index in [0.29, 0.717) is 23.3 Å². The van der Waals surface area contributed by atoms with E-state index < -0.39 is 4.92 Å². The van der Waals surface area contributed by atoms with Crippen LogP contribution < -0.4 is 0 Å². The van der Waals surface area contributed by atoms with Crippen LogP contribution in [0, 0.1) is 16.0 Å². The lowest BCUT2D eigenvalue weighted by Gasteiger charge is -2.20. The van der Waals surface area contributed by atoms with E-state index >= 15 is 0 Å². The van der Waals surface area contributed by atoms with Crippen LogP contribution in [-0.2, 0) is 0 Å². The summed E-state index contributed by atoms with van der Waals surface area (Å²) in [6, 6.07) is 4.60. The molecular formula is C16H18N2O3. The van der Waals surface area contributed by atoms with Gasteiger partial charge in [0.25, 0.3) is 5.69 Å². The highest BCUT2D eigenvalue weighted by Crippen LogP contribution is 2.30. The van der Waals surface area contributed by atoms with E-state index in [0.717, 1.165) is 18.4 Å². The van der Waals surface area contributed by atoms with Crippen LogP contribution >= 0.6 is 0 Å². The number of hydrogen-bond donors (Lipinski definition) is 1. The van der Waals surface area contributed by atoms with Gasteiger partial charge in [-0.1, -0.05) is 32.1 Å². The van der Waals surface area contributed by atoms with E-state index in [1.807, 2.05) is 0 Å². The quantitative estimate of drug-likeness (QED) is 0.519. The van der Waals surface area contributed by atoms with Crippen molar-refractivity contribution in [2.45, 2.75) is 38.5 Å². The summed E-state index contributed by atoms with van der Waals surface area (Å²) in [4.78, 5) is 26.0. The average Bonchev–Trinajstić information content (AvgIpc) is 2.91. The number of carbonyl (C=O) groups is 1. The van der Waals surface area contributed by atoms with Crippen molar-refractivity contribution in [1.82, 2.24) is 4.98 Å². The lowest BCUT2D eigenvalue weighted by molar-refractivity contribution is -0.384. The second-order valence-electron chi connectivity index (χ2n) is 5.82. The maximum atomic E-state index is 12.5. The van der Waals surface area contributed by atoms with Crippen molar-refractivity contribution in [3.8, 4) is 0 Å². The standard InChI is InChI=1S/C16H18N2O3/c19-16(8-11-4-2-1-3-5-11)14-10-17-15-7-6-12(18(20)21)9-13(14)15/h6-7,9-11,17H,1-5,8H2. The van der Waals surface area contributed by atoms with Crippen LogP contribution in [0.3, 0.4) is 0 Å². The van der Waals surface area contributed by atoms with Gasteiger partial charge in [0.2, 0.25) is 0 Å². The first-order valence-corrected chi connectivity index (χ1v) is 7.44. The third-order valence-corrected chi connectivity index (χ3v) is 4.38. The summed E-state index contributed by atoms with van der Waals surface area (Å²) >= 11 is 0. The molecular weight excluding hydrogens is 268 g/mol. The molecule has 2 aromatic rings. The minimum atomic E-state index is -0.429. The SMILES string of the molecule is O=C(CC1CCCCC1)c1c[nH]c2ccc([N+](=O)[O-])cc12. The Hall–Kier alpha value is -2.17. The number of aromatic amines is 1. The highest BCUT2D eigenvalue weighted by atomic mass is 16.6. The normalized spacial score (nSPS) is 16.2. The van der Waals surface area contributed by atoms with Crippen molar-refractivity contribution in [3.05, 3.63) is 40.1 Å². The third kappa shape index (κ3) is 2.82. The number of fused-ring (bicyclic) bond motifs is 1. The molecule has 3 rings (SSSR count). The molecule has 1 saturated carbocycles. The number of rotatable bonds is 4. The molecule has 1 aromatic carbocycles. The van der Waals surface area contributed by atoms with Crippen LogP contribution in [0.25, 0.3) is 10.9 Å². The molecule has 0 bridgehead atoms. The zero-order valence-electron chi connectivity index (χ0n) is 11.8. The molecule has 110 valence electrons. The summed E-state index contributed by atoms with van der Waals surface area (Å²) in [5, 5.41) is 11.5. The zero-order valence-corrected chi connectivity index (χ0v) is 11.8. The minimum absolute atomic E-state index is 0.0221. The Morgan fingerprint density at radius 3 is 2.76 bits per heavy atom. The van der Waals surface area contributed by atoms with Crippen LogP contribution in [-0.4, -0.2) is 15.7 Å². The highest BCUT2D eigenvalue weighted by Gasteiger charge is 2.21. The predicted molar refractivity (Wildman–Crippen MR) is 80.5 cm³/mol. The first-order chi connectivity index (χ1) is 10.1. The Balaban J connectivity index is 1.86. The maximum absolute atomic E-state index is 12.5. The van der Waals surface area contributed by atoms with Crippen molar-refractivity contribution in [2.75, 3.05) is 0 Å². The molecule has 1 fully saturated rings. The maximum Gasteiger partial charge on any atom is 0.270 e. The number of ketones is 1. The number of nitrogens with one attached hydrogen (secondary N) is 1. The van der Waals surface area contributed by atoms with Gasteiger partial charge in [0.15, 0.2) is 5.78 Å². The lowest BCUT2D eigenvalue weighted by atomic mass is 9.85. The number of carbonyl (C=O) groups excluding carboxylic acids is 1. The Kier molecular flexibility index (Phi) is 3.73. The Bertz CT molecular complexity index is 684. The molecule has 1 aliphatic rings. The fraction of sp³-hybridized carbons (Fsp3) is 0.438. The number of hydrogen-bond acceptors (Lipinski definition) is 3. The van der Waals surface area contributed by atoms with E-state index in [9.17, 15) is 14.9 Å². The summed E-state index contributed by atoms with van der Waals surface area (Å²) < 4.78 is 0. The molecule has 1 aromatic heterocycles. The zero-order chi connectivity index (χ0) is 14.8. The number of Topliss-reactive ketones (excluding diaryl/α,β-unsaturated/α-hetero) is 1. The molecule has 0 saturated heterocycles. The van der Waals surface area contributed by atoms with Crippen molar-refractivity contribution >= 4 is 22.4 Å². The largest absolute Gasteiger partial charge is 0.360 e. The highest BCUT2D eigenvalue weighted by molar-refractivity contribution is 6.08. The molecule has 0 aliphatic heterocycles. The van der Waals surface area contributed by atoms with E-state index in [4.69, 9.17) is 0 Å². The van der Waals surface area contributed by atoms with Crippen molar-refractivity contribution in [1.29, 1.82) is 0 Å². The summed E-state index contributed by atoms with van der Waals surface area (Å²) in [5.41, 5.74) is 1.38. The molecule has 5 nitrogen and oxygen atoms in total. The molecule has 1 N–H and O–H groups in total. The monoisotopic (exact) mass is 286 g/mol. The van der Waals surface area contributed by atoms with E-state index in [2.05, 4.69) is 4.98 Å². The molecule has 0 atom stereocenters. The summed E-state index contributed by atoms with van der Waals surface area (Å²) in [5.74, 6) is 0.559. The number of non-ortho nitro benzene ring substituents is 1. The van der Waals surface area contributed by atoms with Gasteiger partial charge in [-0.2, -0.15) is 0 Å². The van der Waals surface area contributed by atoms with Gasteiger partial charge >= 0.3 is 0 Å². The molecule has 5 heteroatoms. The van der Waals surface area contributed by atoms with Crippen LogP contribution in [0.1, 0.15) is 48.9 Å². The topological polar surface area (TPSA) is 76.0 Å². The number of nitro benzene ring substituents is 1. The lowest BCUT2D eigenvalue weighted by Crippen LogP contribution is -2.12. The van der Waals surface area contributed by atoms with Crippen molar-refractivity contribution in [2.24, 2.45) is 5.92 Å². The summed E-state index contributed by atoms with van der Waals surface area (Å²) in [7, 11) is 0. The van der Waals surface area contributed by atoms with Gasteiger partial charge in [-0.05, 0) is 12.0 Å². The van der Waals surface area contributed by atoms with Gasteiger partial charge in [0, 0.05) is 41.2 Å². The summed E-state index contributed by atoms with van der Waals surface area (Å²) in [6.45, 7) is 0. The number of H-pyrrole nitrogens is 1. The Morgan fingerprint density at radius 1 is 1.29 bits per heavy atom. The van der Waals surface area contributed by atoms with Crippen LogP contribution in [0.5, 0.6) is 0 Å². The number of aromatic nitrogens is 1. The van der Waals surface area contributed by atoms with E-state index in [1.165, 1.54) is 31.4 Å². The van der Waals surface area contributed by atoms with Crippen LogP contribution in [0.15, 0.2) is 24.4 Å². The molecule has 21 heavy (non-hydrogen) atoms. The molecule has 0 radical (unpaired) electrons. The van der Waals surface area contributed by atoms with Gasteiger partial charge in [0.05, 0.1) is 4.92 Å². The first kappa shape index (κ1) is 13.8. The summed E-state index contributed by atoms with van der Waals surface area (Å²) in [6.07, 6.45) is 8.15. The van der Waals surface area contributed by atoms with Crippen molar-refractivity contribution < 1.29 is 9.72 Å². The number of benzene rings is 1. The fourth-order valence-corrected chi connectivity index (χ4v) is 3.22. The van der Waals surface area contributed by atoms with Gasteiger partial charge in [-0.3, -0.25) is 14.9 Å². The van der Waals surface area contributed by atoms with E-state index in [1.54, 1.807) is 12.3 Å². The minimum Gasteiger partial charge on any atom is -0.360 e. The number of nitro groups is 1. The van der Waals surface area contributed by atoms with Gasteiger partial charge in [-0.15, -0.1) is 0 Å². The Morgan fingerprint density at radius 2 is 2.05 bits per heavy atom. The third-order valence-electron chi connectivity index (χ3n) is 4.38. The number of nitrogens with zero attached hydrogens (tertiary/aromatic N) is 1. The van der Waals surface area contributed by atoms with Crippen LogP contribution in [0.2, 0.25) is 0 Å². The van der Waals surface area contributed by atoms with Gasteiger partial charge in [0.1, 0.15) is 0 Å². The van der Waals surface area contributed by atoms with Crippen molar-refractivity contribution in [3.63, 3.8) is 0 Å². The second kappa shape index (κ2) is 5.68. The Labute approximate surface area is 122 Å². The molecule has 0 spiro atoms.